The molecule has 41 heavy (non-hydrogen) atoms. The number of hydrogen-bond donors (Lipinski definition) is 0. The quantitative estimate of drug-likeness (QED) is 0.193. The summed E-state index contributed by atoms with van der Waals surface area (Å²) in [6, 6.07) is 50.0. The maximum absolute atomic E-state index is 2.37. The van der Waals surface area contributed by atoms with Crippen LogP contribution in [0.3, 0.4) is 0 Å². The van der Waals surface area contributed by atoms with E-state index in [1.807, 2.05) is 11.3 Å². The summed E-state index contributed by atoms with van der Waals surface area (Å²) in [4.78, 5) is 0. The Labute approximate surface area is 240 Å². The van der Waals surface area contributed by atoms with E-state index >= 15 is 0 Å². The topological polar surface area (TPSA) is 0 Å². The Balaban J connectivity index is 1.15. The van der Waals surface area contributed by atoms with Crippen LogP contribution in [-0.2, 0) is 0 Å². The van der Waals surface area contributed by atoms with Crippen molar-refractivity contribution in [3.63, 3.8) is 0 Å². The second-order valence-corrected chi connectivity index (χ2v) is 12.4. The molecule has 1 heterocycles. The van der Waals surface area contributed by atoms with Crippen LogP contribution >= 0.6 is 11.3 Å². The van der Waals surface area contributed by atoms with Gasteiger partial charge in [0, 0.05) is 20.2 Å². The molecule has 0 aliphatic rings. The minimum absolute atomic E-state index is 1.26. The van der Waals surface area contributed by atoms with Crippen molar-refractivity contribution in [3.05, 3.63) is 133 Å². The van der Waals surface area contributed by atoms with Crippen molar-refractivity contribution in [1.82, 2.24) is 0 Å². The van der Waals surface area contributed by atoms with Crippen molar-refractivity contribution in [2.45, 2.75) is 0 Å². The van der Waals surface area contributed by atoms with Gasteiger partial charge >= 0.3 is 0 Å². The molecule has 0 saturated heterocycles. The molecule has 0 spiro atoms. The molecule has 0 bridgehead atoms. The van der Waals surface area contributed by atoms with Gasteiger partial charge in [-0.2, -0.15) is 0 Å². The highest BCUT2D eigenvalue weighted by molar-refractivity contribution is 7.26. The third kappa shape index (κ3) is 2.94. The van der Waals surface area contributed by atoms with Gasteiger partial charge in [0.1, 0.15) is 0 Å². The van der Waals surface area contributed by atoms with E-state index in [4.69, 9.17) is 0 Å². The summed E-state index contributed by atoms with van der Waals surface area (Å²) in [5.41, 5.74) is 5.16. The van der Waals surface area contributed by atoms with Gasteiger partial charge in [0.15, 0.2) is 0 Å². The zero-order valence-corrected chi connectivity index (χ0v) is 22.9. The molecule has 0 nitrogen and oxygen atoms in total. The molecule has 0 atom stereocenters. The lowest BCUT2D eigenvalue weighted by Gasteiger charge is -2.14. The Morgan fingerprint density at radius 2 is 0.854 bits per heavy atom. The Bertz CT molecular complexity index is 2620. The van der Waals surface area contributed by atoms with Crippen molar-refractivity contribution in [1.29, 1.82) is 0 Å². The molecule has 0 saturated carbocycles. The SMILES string of the molecule is c1cc2ccc3ccc(-c4ccc5cc(-c6ccc7ccc8cccc9sc6c7c89)ccc5c4)c4ccc(c1)c2c34. The number of hydrogen-bond acceptors (Lipinski definition) is 1. The normalized spacial score (nSPS) is 12.4. The number of thiophene rings is 1. The van der Waals surface area contributed by atoms with E-state index in [0.717, 1.165) is 0 Å². The molecule has 0 radical (unpaired) electrons. The molecular formula is C40H22S. The number of benzene rings is 9. The lowest BCUT2D eigenvalue weighted by atomic mass is 9.89. The van der Waals surface area contributed by atoms with Crippen LogP contribution in [-0.4, -0.2) is 0 Å². The van der Waals surface area contributed by atoms with Gasteiger partial charge in [-0.15, -0.1) is 11.3 Å². The maximum atomic E-state index is 2.37. The van der Waals surface area contributed by atoms with E-state index in [-0.39, 0.29) is 0 Å². The fraction of sp³-hybridized carbons (Fsp3) is 0. The van der Waals surface area contributed by atoms with E-state index in [0.29, 0.717) is 0 Å². The average Bonchev–Trinajstić information content (AvgIpc) is 3.43. The summed E-state index contributed by atoms with van der Waals surface area (Å²) in [6.07, 6.45) is 0. The standard InChI is InChI=1S/C40H22S/c1-3-23-7-9-26-15-18-32(34-20-17-24(4-1)36(23)37(26)34)30-13-11-29-22-31(14-12-28(29)21-30)33-19-16-27-10-8-25-5-2-6-35-38(25)39(27)40(33)41-35/h1-22H. The molecule has 10 rings (SSSR count). The van der Waals surface area contributed by atoms with E-state index in [1.54, 1.807) is 0 Å². The van der Waals surface area contributed by atoms with Gasteiger partial charge in [-0.3, -0.25) is 0 Å². The monoisotopic (exact) mass is 534 g/mol. The largest absolute Gasteiger partial charge is 0.134 e. The molecule has 0 amide bonds. The minimum Gasteiger partial charge on any atom is -0.134 e. The van der Waals surface area contributed by atoms with Crippen LogP contribution in [0.2, 0.25) is 0 Å². The third-order valence-electron chi connectivity index (χ3n) is 9.14. The van der Waals surface area contributed by atoms with Crippen LogP contribution in [0.25, 0.3) is 96.3 Å². The average molecular weight is 535 g/mol. The Hall–Kier alpha value is -4.98. The first kappa shape index (κ1) is 21.8. The Morgan fingerprint density at radius 3 is 1.59 bits per heavy atom. The molecule has 0 fully saturated rings. The minimum atomic E-state index is 1.26. The molecule has 0 aliphatic carbocycles. The number of rotatable bonds is 2. The van der Waals surface area contributed by atoms with Gasteiger partial charge in [-0.05, 0) is 94.3 Å². The van der Waals surface area contributed by atoms with Crippen molar-refractivity contribution in [3.8, 4) is 22.3 Å². The zero-order valence-electron chi connectivity index (χ0n) is 22.1. The second-order valence-electron chi connectivity index (χ2n) is 11.3. The smallest absolute Gasteiger partial charge is 0.0440 e. The van der Waals surface area contributed by atoms with Crippen LogP contribution in [0.4, 0.5) is 0 Å². The molecule has 1 aromatic heterocycles. The van der Waals surface area contributed by atoms with Crippen LogP contribution < -0.4 is 0 Å². The van der Waals surface area contributed by atoms with Crippen molar-refractivity contribution in [2.24, 2.45) is 0 Å². The van der Waals surface area contributed by atoms with E-state index < -0.39 is 0 Å². The zero-order chi connectivity index (χ0) is 26.7. The van der Waals surface area contributed by atoms with Crippen molar-refractivity contribution in [2.75, 3.05) is 0 Å². The summed E-state index contributed by atoms with van der Waals surface area (Å²) in [5.74, 6) is 0. The van der Waals surface area contributed by atoms with Gasteiger partial charge in [0.2, 0.25) is 0 Å². The molecule has 188 valence electrons. The van der Waals surface area contributed by atoms with Gasteiger partial charge in [-0.1, -0.05) is 115 Å². The van der Waals surface area contributed by atoms with Gasteiger partial charge < -0.3 is 0 Å². The summed E-state index contributed by atoms with van der Waals surface area (Å²) in [6.45, 7) is 0. The van der Waals surface area contributed by atoms with E-state index in [2.05, 4.69) is 133 Å². The second kappa shape index (κ2) is 7.81. The first-order valence-electron chi connectivity index (χ1n) is 14.2. The fourth-order valence-corrected chi connectivity index (χ4v) is 8.53. The molecule has 0 aliphatic heterocycles. The van der Waals surface area contributed by atoms with Gasteiger partial charge in [-0.25, -0.2) is 0 Å². The van der Waals surface area contributed by atoms with Crippen LogP contribution in [0.5, 0.6) is 0 Å². The third-order valence-corrected chi connectivity index (χ3v) is 10.3. The maximum Gasteiger partial charge on any atom is 0.0440 e. The summed E-state index contributed by atoms with van der Waals surface area (Å²) in [5, 5.41) is 16.0. The van der Waals surface area contributed by atoms with Crippen molar-refractivity contribution < 1.29 is 0 Å². The predicted molar refractivity (Wildman–Crippen MR) is 180 cm³/mol. The highest BCUT2D eigenvalue weighted by Gasteiger charge is 2.16. The fourth-order valence-electron chi connectivity index (χ4n) is 7.22. The van der Waals surface area contributed by atoms with Gasteiger partial charge in [0.25, 0.3) is 0 Å². The highest BCUT2D eigenvalue weighted by atomic mass is 32.1. The summed E-state index contributed by atoms with van der Waals surface area (Å²) >= 11 is 1.92. The molecule has 1 heteroatoms. The Kier molecular flexibility index (Phi) is 4.15. The summed E-state index contributed by atoms with van der Waals surface area (Å²) < 4.78 is 2.76. The first-order valence-corrected chi connectivity index (χ1v) is 15.0. The predicted octanol–water partition coefficient (Wildman–Crippen LogP) is 12.0. The molecule has 0 N–H and O–H groups in total. The van der Waals surface area contributed by atoms with E-state index in [1.165, 1.54) is 96.3 Å². The lowest BCUT2D eigenvalue weighted by Crippen LogP contribution is -1.87. The highest BCUT2D eigenvalue weighted by Crippen LogP contribution is 2.45. The van der Waals surface area contributed by atoms with Crippen LogP contribution in [0.15, 0.2) is 133 Å². The first-order chi connectivity index (χ1) is 20.3. The number of fused-ring (bicyclic) bond motifs is 1. The summed E-state index contributed by atoms with van der Waals surface area (Å²) in [7, 11) is 0. The van der Waals surface area contributed by atoms with Crippen LogP contribution in [0, 0.1) is 0 Å². The van der Waals surface area contributed by atoms with Crippen molar-refractivity contribution >= 4 is 85.4 Å². The molecule has 10 aromatic rings. The van der Waals surface area contributed by atoms with Gasteiger partial charge in [0.05, 0.1) is 0 Å². The van der Waals surface area contributed by atoms with E-state index in [9.17, 15) is 0 Å². The van der Waals surface area contributed by atoms with Crippen LogP contribution in [0.1, 0.15) is 0 Å². The molecule has 0 unspecified atom stereocenters. The Morgan fingerprint density at radius 1 is 0.341 bits per heavy atom. The molecule has 9 aromatic carbocycles. The molecular weight excluding hydrogens is 513 g/mol. The lowest BCUT2D eigenvalue weighted by molar-refractivity contribution is 1.68.